The number of hydrogen-bond donors (Lipinski definition) is 0. The molecule has 1 aromatic carbocycles. The lowest BCUT2D eigenvalue weighted by molar-refractivity contribution is -0.154. The molecule has 2 unspecified atom stereocenters. The molecule has 1 fully saturated rings. The van der Waals surface area contributed by atoms with Crippen LogP contribution in [0.15, 0.2) is 30.3 Å². The largest absolute Gasteiger partial charge is 0.465 e. The van der Waals surface area contributed by atoms with Gasteiger partial charge in [0.1, 0.15) is 6.61 Å². The SMILES string of the molecule is CC1CC(Cc2ccccc2)C(=O)OC[C@H](C)C(=O)O1. The number of benzene rings is 1. The number of hydrogen-bond acceptors (Lipinski definition) is 4. The van der Waals surface area contributed by atoms with E-state index in [0.717, 1.165) is 5.56 Å². The van der Waals surface area contributed by atoms with E-state index >= 15 is 0 Å². The summed E-state index contributed by atoms with van der Waals surface area (Å²) in [6.45, 7) is 3.62. The van der Waals surface area contributed by atoms with E-state index in [-0.39, 0.29) is 30.6 Å². The predicted molar refractivity (Wildman–Crippen MR) is 73.9 cm³/mol. The maximum Gasteiger partial charge on any atom is 0.312 e. The number of rotatable bonds is 2. The summed E-state index contributed by atoms with van der Waals surface area (Å²) in [7, 11) is 0. The van der Waals surface area contributed by atoms with E-state index in [4.69, 9.17) is 9.47 Å². The fraction of sp³-hybridized carbons (Fsp3) is 0.500. The van der Waals surface area contributed by atoms with Crippen molar-refractivity contribution in [3.05, 3.63) is 35.9 Å². The summed E-state index contributed by atoms with van der Waals surface area (Å²) in [5.41, 5.74) is 1.08. The third kappa shape index (κ3) is 3.83. The molecular weight excluding hydrogens is 256 g/mol. The van der Waals surface area contributed by atoms with Crippen LogP contribution in [0.4, 0.5) is 0 Å². The van der Waals surface area contributed by atoms with E-state index in [2.05, 4.69) is 0 Å². The van der Waals surface area contributed by atoms with Crippen molar-refractivity contribution in [1.29, 1.82) is 0 Å². The Labute approximate surface area is 119 Å². The Morgan fingerprint density at radius 2 is 1.80 bits per heavy atom. The molecule has 20 heavy (non-hydrogen) atoms. The highest BCUT2D eigenvalue weighted by Gasteiger charge is 2.29. The van der Waals surface area contributed by atoms with Gasteiger partial charge < -0.3 is 9.47 Å². The normalized spacial score (nSPS) is 27.8. The van der Waals surface area contributed by atoms with Gasteiger partial charge in [0, 0.05) is 0 Å². The van der Waals surface area contributed by atoms with Gasteiger partial charge in [-0.1, -0.05) is 30.3 Å². The van der Waals surface area contributed by atoms with Gasteiger partial charge >= 0.3 is 11.9 Å². The zero-order valence-electron chi connectivity index (χ0n) is 11.9. The van der Waals surface area contributed by atoms with Gasteiger partial charge in [0.05, 0.1) is 17.9 Å². The highest BCUT2D eigenvalue weighted by molar-refractivity contribution is 5.76. The first-order valence-corrected chi connectivity index (χ1v) is 6.97. The number of esters is 2. The van der Waals surface area contributed by atoms with Gasteiger partial charge in [0.25, 0.3) is 0 Å². The standard InChI is InChI=1S/C16H20O4/c1-11-10-19-16(18)14(8-12(2)20-15(11)17)9-13-6-4-3-5-7-13/h3-7,11-12,14H,8-10H2,1-2H3/t11-,12?,14?/m0/s1. The van der Waals surface area contributed by atoms with Crippen LogP contribution in [0.5, 0.6) is 0 Å². The molecule has 0 spiro atoms. The average Bonchev–Trinajstić information content (AvgIpc) is 2.47. The molecule has 0 aromatic heterocycles. The zero-order valence-corrected chi connectivity index (χ0v) is 11.9. The minimum Gasteiger partial charge on any atom is -0.465 e. The van der Waals surface area contributed by atoms with Gasteiger partial charge in [0.2, 0.25) is 0 Å². The third-order valence-electron chi connectivity index (χ3n) is 3.47. The van der Waals surface area contributed by atoms with Crippen LogP contribution in [0, 0.1) is 11.8 Å². The lowest BCUT2D eigenvalue weighted by atomic mass is 9.94. The number of cyclic esters (lactones) is 2. The fourth-order valence-corrected chi connectivity index (χ4v) is 2.32. The summed E-state index contributed by atoms with van der Waals surface area (Å²) < 4.78 is 10.6. The molecule has 0 bridgehead atoms. The Morgan fingerprint density at radius 3 is 2.50 bits per heavy atom. The predicted octanol–water partition coefficient (Wildman–Crippen LogP) is 2.36. The summed E-state index contributed by atoms with van der Waals surface area (Å²) in [5.74, 6) is -1.22. The molecule has 0 radical (unpaired) electrons. The van der Waals surface area contributed by atoms with E-state index in [9.17, 15) is 9.59 Å². The molecule has 3 atom stereocenters. The summed E-state index contributed by atoms with van der Waals surface area (Å²) in [6.07, 6.45) is 0.826. The van der Waals surface area contributed by atoms with Crippen LogP contribution in [0.3, 0.4) is 0 Å². The summed E-state index contributed by atoms with van der Waals surface area (Å²) >= 11 is 0. The maximum absolute atomic E-state index is 12.1. The van der Waals surface area contributed by atoms with Crippen LogP contribution in [0.2, 0.25) is 0 Å². The van der Waals surface area contributed by atoms with Crippen LogP contribution in [0.25, 0.3) is 0 Å². The first-order valence-electron chi connectivity index (χ1n) is 6.97. The van der Waals surface area contributed by atoms with E-state index in [1.54, 1.807) is 6.92 Å². The lowest BCUT2D eigenvalue weighted by Crippen LogP contribution is -2.24. The summed E-state index contributed by atoms with van der Waals surface area (Å²) in [4.78, 5) is 23.8. The van der Waals surface area contributed by atoms with Crippen molar-refractivity contribution in [2.75, 3.05) is 6.61 Å². The van der Waals surface area contributed by atoms with Gasteiger partial charge in [0.15, 0.2) is 0 Å². The summed E-state index contributed by atoms with van der Waals surface area (Å²) in [6, 6.07) is 9.80. The van der Waals surface area contributed by atoms with Crippen LogP contribution >= 0.6 is 0 Å². The van der Waals surface area contributed by atoms with Crippen molar-refractivity contribution in [1.82, 2.24) is 0 Å². The number of carbonyl (C=O) groups is 2. The topological polar surface area (TPSA) is 52.6 Å². The molecule has 1 heterocycles. The number of carbonyl (C=O) groups excluding carboxylic acids is 2. The van der Waals surface area contributed by atoms with Gasteiger partial charge in [-0.15, -0.1) is 0 Å². The molecule has 2 rings (SSSR count). The average molecular weight is 276 g/mol. The molecule has 1 aromatic rings. The van der Waals surface area contributed by atoms with Crippen LogP contribution < -0.4 is 0 Å². The maximum atomic E-state index is 12.1. The zero-order chi connectivity index (χ0) is 14.5. The van der Waals surface area contributed by atoms with Crippen molar-refractivity contribution in [3.8, 4) is 0 Å². The number of ether oxygens (including phenoxy) is 2. The fourth-order valence-electron chi connectivity index (χ4n) is 2.32. The molecule has 1 saturated heterocycles. The van der Waals surface area contributed by atoms with Crippen LogP contribution in [-0.4, -0.2) is 24.6 Å². The highest BCUT2D eigenvalue weighted by Crippen LogP contribution is 2.20. The second kappa shape index (κ2) is 6.55. The monoisotopic (exact) mass is 276 g/mol. The molecule has 4 heteroatoms. The second-order valence-corrected chi connectivity index (χ2v) is 5.40. The van der Waals surface area contributed by atoms with Gasteiger partial charge in [-0.3, -0.25) is 9.59 Å². The van der Waals surface area contributed by atoms with E-state index < -0.39 is 5.92 Å². The molecule has 4 nitrogen and oxygen atoms in total. The Balaban J connectivity index is 2.10. The van der Waals surface area contributed by atoms with Crippen molar-refractivity contribution < 1.29 is 19.1 Å². The first-order chi connectivity index (χ1) is 9.56. The highest BCUT2D eigenvalue weighted by atomic mass is 16.6. The molecule has 108 valence electrons. The molecule has 1 aliphatic rings. The first kappa shape index (κ1) is 14.6. The molecule has 0 N–H and O–H groups in total. The van der Waals surface area contributed by atoms with Crippen LogP contribution in [0.1, 0.15) is 25.8 Å². The van der Waals surface area contributed by atoms with E-state index in [0.29, 0.717) is 12.8 Å². The van der Waals surface area contributed by atoms with E-state index in [1.165, 1.54) is 0 Å². The van der Waals surface area contributed by atoms with E-state index in [1.807, 2.05) is 37.3 Å². The molecule has 0 amide bonds. The van der Waals surface area contributed by atoms with Crippen molar-refractivity contribution in [3.63, 3.8) is 0 Å². The lowest BCUT2D eigenvalue weighted by Gasteiger charge is -2.18. The Kier molecular flexibility index (Phi) is 4.77. The van der Waals surface area contributed by atoms with Crippen molar-refractivity contribution >= 4 is 11.9 Å². The van der Waals surface area contributed by atoms with Gasteiger partial charge in [-0.05, 0) is 32.3 Å². The van der Waals surface area contributed by atoms with Crippen molar-refractivity contribution in [2.45, 2.75) is 32.8 Å². The Morgan fingerprint density at radius 1 is 1.10 bits per heavy atom. The Hall–Kier alpha value is -1.84. The molecular formula is C16H20O4. The van der Waals surface area contributed by atoms with Gasteiger partial charge in [-0.25, -0.2) is 0 Å². The minimum absolute atomic E-state index is 0.0929. The van der Waals surface area contributed by atoms with Gasteiger partial charge in [-0.2, -0.15) is 0 Å². The second-order valence-electron chi connectivity index (χ2n) is 5.40. The smallest absolute Gasteiger partial charge is 0.312 e. The molecule has 0 saturated carbocycles. The van der Waals surface area contributed by atoms with Crippen LogP contribution in [-0.2, 0) is 25.5 Å². The third-order valence-corrected chi connectivity index (χ3v) is 3.47. The molecule has 0 aliphatic carbocycles. The Bertz CT molecular complexity index is 469. The molecule has 1 aliphatic heterocycles. The van der Waals surface area contributed by atoms with Crippen molar-refractivity contribution in [2.24, 2.45) is 11.8 Å². The summed E-state index contributed by atoms with van der Waals surface area (Å²) in [5, 5.41) is 0. The quantitative estimate of drug-likeness (QED) is 0.778. The minimum atomic E-state index is -0.406.